The molecule has 4 heteroatoms. The molecule has 1 aromatic carbocycles. The predicted molar refractivity (Wildman–Crippen MR) is 80.1 cm³/mol. The molecule has 0 aromatic heterocycles. The monoisotopic (exact) mass is 276 g/mol. The number of benzene rings is 1. The maximum absolute atomic E-state index is 9.42. The minimum absolute atomic E-state index is 0.251. The Morgan fingerprint density at radius 3 is 2.40 bits per heavy atom. The molecule has 0 N–H and O–H groups in total. The van der Waals surface area contributed by atoms with Gasteiger partial charge in [0.25, 0.3) is 0 Å². The Bertz CT molecular complexity index is 450. The van der Waals surface area contributed by atoms with Crippen LogP contribution in [0.2, 0.25) is 0 Å². The molecule has 110 valence electrons. The fraction of sp³-hybridized carbons (Fsp3) is 0.562. The minimum Gasteiger partial charge on any atom is -0.493 e. The molecule has 0 aliphatic carbocycles. The zero-order chi connectivity index (χ0) is 15.0. The van der Waals surface area contributed by atoms with Crippen LogP contribution in [0.3, 0.4) is 0 Å². The van der Waals surface area contributed by atoms with Crippen molar-refractivity contribution in [2.45, 2.75) is 33.2 Å². The third-order valence-electron chi connectivity index (χ3n) is 3.26. The Hall–Kier alpha value is -1.73. The molecule has 0 fully saturated rings. The van der Waals surface area contributed by atoms with Gasteiger partial charge < -0.3 is 9.47 Å². The molecule has 0 aliphatic rings. The second kappa shape index (κ2) is 8.44. The molecule has 0 saturated heterocycles. The van der Waals surface area contributed by atoms with E-state index >= 15 is 0 Å². The van der Waals surface area contributed by atoms with Crippen LogP contribution in [0, 0.1) is 11.3 Å². The fourth-order valence-electron chi connectivity index (χ4n) is 2.14. The summed E-state index contributed by atoms with van der Waals surface area (Å²) < 4.78 is 11.0. The third-order valence-corrected chi connectivity index (χ3v) is 3.26. The summed E-state index contributed by atoms with van der Waals surface area (Å²) in [5, 5.41) is 9.42. The largest absolute Gasteiger partial charge is 0.493 e. The van der Waals surface area contributed by atoms with Gasteiger partial charge in [0.1, 0.15) is 6.04 Å². The van der Waals surface area contributed by atoms with Gasteiger partial charge in [0.05, 0.1) is 19.8 Å². The summed E-state index contributed by atoms with van der Waals surface area (Å²) in [6, 6.07) is 7.84. The first-order valence-corrected chi connectivity index (χ1v) is 7.16. The van der Waals surface area contributed by atoms with Gasteiger partial charge in [-0.15, -0.1) is 0 Å². The molecule has 4 nitrogen and oxygen atoms in total. The summed E-state index contributed by atoms with van der Waals surface area (Å²) in [7, 11) is 1.62. The number of methoxy groups -OCH3 is 1. The molecule has 0 saturated carbocycles. The van der Waals surface area contributed by atoms with E-state index in [1.54, 1.807) is 7.11 Å². The van der Waals surface area contributed by atoms with E-state index in [0.29, 0.717) is 12.4 Å². The van der Waals surface area contributed by atoms with Crippen molar-refractivity contribution in [3.05, 3.63) is 23.8 Å². The Kier molecular flexibility index (Phi) is 6.89. The fourth-order valence-corrected chi connectivity index (χ4v) is 2.14. The van der Waals surface area contributed by atoms with E-state index in [1.807, 2.05) is 18.2 Å². The highest BCUT2D eigenvalue weighted by Crippen LogP contribution is 2.32. The maximum atomic E-state index is 9.42. The van der Waals surface area contributed by atoms with Crippen molar-refractivity contribution in [2.24, 2.45) is 0 Å². The van der Waals surface area contributed by atoms with Crippen molar-refractivity contribution in [1.82, 2.24) is 4.90 Å². The van der Waals surface area contributed by atoms with E-state index in [1.165, 1.54) is 0 Å². The highest BCUT2D eigenvalue weighted by Gasteiger charge is 2.19. The first-order valence-electron chi connectivity index (χ1n) is 7.16. The van der Waals surface area contributed by atoms with Gasteiger partial charge in [-0.05, 0) is 37.2 Å². The normalized spacial score (nSPS) is 12.0. The molecule has 0 amide bonds. The van der Waals surface area contributed by atoms with Crippen LogP contribution in [0.25, 0.3) is 0 Å². The Labute approximate surface area is 121 Å². The molecular formula is C16H24N2O2. The standard InChI is InChI=1S/C16H24N2O2/c1-5-10-20-15-9-8-13(11-16(15)19-4)14(12-17)18(6-2)7-3/h8-9,11,14H,5-7,10H2,1-4H3. The van der Waals surface area contributed by atoms with E-state index < -0.39 is 0 Å². The molecule has 1 atom stereocenters. The Balaban J connectivity index is 3.04. The lowest BCUT2D eigenvalue weighted by Crippen LogP contribution is -2.27. The molecule has 20 heavy (non-hydrogen) atoms. The molecule has 1 aromatic rings. The SMILES string of the molecule is CCCOc1ccc(C(C#N)N(CC)CC)cc1OC. The lowest BCUT2D eigenvalue weighted by atomic mass is 10.1. The van der Waals surface area contributed by atoms with Crippen LogP contribution in [0.15, 0.2) is 18.2 Å². The number of hydrogen-bond acceptors (Lipinski definition) is 4. The highest BCUT2D eigenvalue weighted by molar-refractivity contribution is 5.44. The van der Waals surface area contributed by atoms with Gasteiger partial charge >= 0.3 is 0 Å². The summed E-state index contributed by atoms with van der Waals surface area (Å²) in [5.41, 5.74) is 0.942. The molecule has 1 unspecified atom stereocenters. The molecule has 0 spiro atoms. The van der Waals surface area contributed by atoms with E-state index in [-0.39, 0.29) is 6.04 Å². The number of ether oxygens (including phenoxy) is 2. The quantitative estimate of drug-likeness (QED) is 0.730. The van der Waals surface area contributed by atoms with Gasteiger partial charge in [-0.2, -0.15) is 5.26 Å². The smallest absolute Gasteiger partial charge is 0.161 e. The average molecular weight is 276 g/mol. The molecule has 0 radical (unpaired) electrons. The van der Waals surface area contributed by atoms with Crippen LogP contribution < -0.4 is 9.47 Å². The van der Waals surface area contributed by atoms with Crippen LogP contribution >= 0.6 is 0 Å². The molecule has 0 bridgehead atoms. The zero-order valence-electron chi connectivity index (χ0n) is 12.8. The lowest BCUT2D eigenvalue weighted by molar-refractivity contribution is 0.260. The first-order chi connectivity index (χ1) is 9.71. The van der Waals surface area contributed by atoms with Crippen LogP contribution in [-0.2, 0) is 0 Å². The van der Waals surface area contributed by atoms with Crippen molar-refractivity contribution in [3.63, 3.8) is 0 Å². The molecular weight excluding hydrogens is 252 g/mol. The van der Waals surface area contributed by atoms with Gasteiger partial charge in [0.2, 0.25) is 0 Å². The first kappa shape index (κ1) is 16.3. The summed E-state index contributed by atoms with van der Waals surface area (Å²) in [6.45, 7) is 8.52. The van der Waals surface area contributed by atoms with Crippen molar-refractivity contribution in [3.8, 4) is 17.6 Å². The van der Waals surface area contributed by atoms with Crippen molar-refractivity contribution < 1.29 is 9.47 Å². The van der Waals surface area contributed by atoms with Crippen molar-refractivity contribution in [2.75, 3.05) is 26.8 Å². The Morgan fingerprint density at radius 1 is 1.20 bits per heavy atom. The third kappa shape index (κ3) is 3.88. The molecule has 0 aliphatic heterocycles. The molecule has 1 rings (SSSR count). The van der Waals surface area contributed by atoms with Crippen LogP contribution in [0.4, 0.5) is 0 Å². The number of nitriles is 1. The van der Waals surface area contributed by atoms with Gasteiger partial charge in [-0.3, -0.25) is 4.90 Å². The lowest BCUT2D eigenvalue weighted by Gasteiger charge is -2.24. The number of nitrogens with zero attached hydrogens (tertiary/aromatic N) is 2. The van der Waals surface area contributed by atoms with Gasteiger partial charge in [0, 0.05) is 0 Å². The second-order valence-corrected chi connectivity index (χ2v) is 4.51. The van der Waals surface area contributed by atoms with E-state index in [0.717, 1.165) is 30.8 Å². The van der Waals surface area contributed by atoms with Gasteiger partial charge in [-0.25, -0.2) is 0 Å². The van der Waals surface area contributed by atoms with E-state index in [4.69, 9.17) is 9.47 Å². The average Bonchev–Trinajstić information content (AvgIpc) is 2.50. The Morgan fingerprint density at radius 2 is 1.90 bits per heavy atom. The van der Waals surface area contributed by atoms with Crippen LogP contribution in [0.5, 0.6) is 11.5 Å². The predicted octanol–water partition coefficient (Wildman–Crippen LogP) is 3.39. The summed E-state index contributed by atoms with van der Waals surface area (Å²) >= 11 is 0. The van der Waals surface area contributed by atoms with Crippen LogP contribution in [-0.4, -0.2) is 31.7 Å². The van der Waals surface area contributed by atoms with Crippen LogP contribution in [0.1, 0.15) is 38.8 Å². The van der Waals surface area contributed by atoms with E-state index in [9.17, 15) is 5.26 Å². The zero-order valence-corrected chi connectivity index (χ0v) is 12.8. The summed E-state index contributed by atoms with van der Waals surface area (Å²) in [4.78, 5) is 2.11. The second-order valence-electron chi connectivity index (χ2n) is 4.51. The van der Waals surface area contributed by atoms with Crippen molar-refractivity contribution >= 4 is 0 Å². The van der Waals surface area contributed by atoms with Crippen molar-refractivity contribution in [1.29, 1.82) is 5.26 Å². The van der Waals surface area contributed by atoms with Gasteiger partial charge in [0.15, 0.2) is 11.5 Å². The molecule has 0 heterocycles. The van der Waals surface area contributed by atoms with E-state index in [2.05, 4.69) is 31.7 Å². The highest BCUT2D eigenvalue weighted by atomic mass is 16.5. The summed E-state index contributed by atoms with van der Waals surface area (Å²) in [6.07, 6.45) is 0.950. The number of hydrogen-bond donors (Lipinski definition) is 0. The maximum Gasteiger partial charge on any atom is 0.161 e. The van der Waals surface area contributed by atoms with Gasteiger partial charge in [-0.1, -0.05) is 26.8 Å². The topological polar surface area (TPSA) is 45.5 Å². The minimum atomic E-state index is -0.251. The number of rotatable bonds is 8. The summed E-state index contributed by atoms with van der Waals surface area (Å²) in [5.74, 6) is 1.41.